The quantitative estimate of drug-likeness (QED) is 0.914. The molecule has 16 heavy (non-hydrogen) atoms. The first-order valence-electron chi connectivity index (χ1n) is 4.88. The van der Waals surface area contributed by atoms with Gasteiger partial charge in [-0.15, -0.1) is 0 Å². The van der Waals surface area contributed by atoms with Crippen LogP contribution >= 0.6 is 27.3 Å². The zero-order chi connectivity index (χ0) is 11.5. The van der Waals surface area contributed by atoms with Gasteiger partial charge in [0.2, 0.25) is 0 Å². The van der Waals surface area contributed by atoms with Crippen LogP contribution in [0.25, 0.3) is 0 Å². The fourth-order valence-electron chi connectivity index (χ4n) is 1.52. The second kappa shape index (κ2) is 5.08. The summed E-state index contributed by atoms with van der Waals surface area (Å²) < 4.78 is 13.8. The largest absolute Gasteiger partial charge is 0.324 e. The van der Waals surface area contributed by atoms with Crippen LogP contribution in [-0.2, 0) is 6.42 Å². The Hall–Kier alpha value is -0.710. The van der Waals surface area contributed by atoms with Crippen molar-refractivity contribution in [3.8, 4) is 0 Å². The van der Waals surface area contributed by atoms with Gasteiger partial charge >= 0.3 is 0 Å². The maximum atomic E-state index is 13.3. The van der Waals surface area contributed by atoms with E-state index in [4.69, 9.17) is 5.73 Å². The average Bonchev–Trinajstić information content (AvgIpc) is 2.74. The van der Waals surface area contributed by atoms with E-state index in [0.717, 1.165) is 12.0 Å². The molecule has 0 aliphatic carbocycles. The summed E-state index contributed by atoms with van der Waals surface area (Å²) in [5, 5.41) is 4.08. The Kier molecular flexibility index (Phi) is 3.74. The molecular formula is C12H11BrFNS. The minimum Gasteiger partial charge on any atom is -0.324 e. The monoisotopic (exact) mass is 299 g/mol. The molecule has 4 heteroatoms. The van der Waals surface area contributed by atoms with Gasteiger partial charge in [0.05, 0.1) is 4.47 Å². The zero-order valence-electron chi connectivity index (χ0n) is 8.49. The van der Waals surface area contributed by atoms with Gasteiger partial charge in [-0.1, -0.05) is 6.07 Å². The molecule has 1 aromatic heterocycles. The van der Waals surface area contributed by atoms with E-state index in [1.54, 1.807) is 17.4 Å². The predicted molar refractivity (Wildman–Crippen MR) is 69.1 cm³/mol. The average molecular weight is 300 g/mol. The molecule has 1 nitrogen and oxygen atoms in total. The summed E-state index contributed by atoms with van der Waals surface area (Å²) in [6, 6.07) is 6.92. The first-order chi connectivity index (χ1) is 7.66. The van der Waals surface area contributed by atoms with Gasteiger partial charge < -0.3 is 5.73 Å². The minimum atomic E-state index is -0.265. The normalized spacial score (nSPS) is 12.7. The van der Waals surface area contributed by atoms with E-state index < -0.39 is 0 Å². The molecule has 0 amide bonds. The highest BCUT2D eigenvalue weighted by atomic mass is 79.9. The van der Waals surface area contributed by atoms with Crippen molar-refractivity contribution < 1.29 is 4.39 Å². The van der Waals surface area contributed by atoms with Crippen LogP contribution in [0.1, 0.15) is 17.2 Å². The lowest BCUT2D eigenvalue weighted by Crippen LogP contribution is -2.13. The molecule has 0 saturated heterocycles. The van der Waals surface area contributed by atoms with E-state index in [9.17, 15) is 4.39 Å². The number of hydrogen-bond donors (Lipinski definition) is 1. The first-order valence-corrected chi connectivity index (χ1v) is 6.62. The van der Waals surface area contributed by atoms with E-state index in [0.29, 0.717) is 4.47 Å². The second-order valence-electron chi connectivity index (χ2n) is 3.62. The molecular weight excluding hydrogens is 289 g/mol. The summed E-state index contributed by atoms with van der Waals surface area (Å²) >= 11 is 4.77. The predicted octanol–water partition coefficient (Wildman–Crippen LogP) is 3.89. The van der Waals surface area contributed by atoms with Crippen LogP contribution in [0.2, 0.25) is 0 Å². The lowest BCUT2D eigenvalue weighted by molar-refractivity contribution is 0.612. The number of hydrogen-bond acceptors (Lipinski definition) is 2. The molecule has 0 aliphatic heterocycles. The maximum absolute atomic E-state index is 13.3. The zero-order valence-corrected chi connectivity index (χ0v) is 10.9. The van der Waals surface area contributed by atoms with Crippen molar-refractivity contribution in [3.63, 3.8) is 0 Å². The number of rotatable bonds is 3. The lowest BCUT2D eigenvalue weighted by atomic mass is 10.0. The van der Waals surface area contributed by atoms with Gasteiger partial charge in [0.25, 0.3) is 0 Å². The molecule has 1 aromatic carbocycles. The van der Waals surface area contributed by atoms with Crippen molar-refractivity contribution in [1.82, 2.24) is 0 Å². The standard InChI is InChI=1S/C12H11BrFNS/c13-10-2-1-9(6-11(10)14)12(15)5-8-3-4-16-7-8/h1-4,6-7,12H,5,15H2. The molecule has 1 unspecified atom stereocenters. The second-order valence-corrected chi connectivity index (χ2v) is 5.25. The third kappa shape index (κ3) is 2.70. The van der Waals surface area contributed by atoms with Gasteiger partial charge in [0.1, 0.15) is 5.82 Å². The summed E-state index contributed by atoms with van der Waals surface area (Å²) in [6.45, 7) is 0. The molecule has 2 aromatic rings. The van der Waals surface area contributed by atoms with E-state index in [-0.39, 0.29) is 11.9 Å². The van der Waals surface area contributed by atoms with E-state index >= 15 is 0 Å². The van der Waals surface area contributed by atoms with Crippen molar-refractivity contribution in [2.45, 2.75) is 12.5 Å². The summed E-state index contributed by atoms with van der Waals surface area (Å²) in [7, 11) is 0. The Morgan fingerprint density at radius 1 is 1.38 bits per heavy atom. The molecule has 2 N–H and O–H groups in total. The van der Waals surface area contributed by atoms with Crippen molar-refractivity contribution in [1.29, 1.82) is 0 Å². The van der Waals surface area contributed by atoms with Gasteiger partial charge in [-0.25, -0.2) is 4.39 Å². The smallest absolute Gasteiger partial charge is 0.137 e. The van der Waals surface area contributed by atoms with Crippen LogP contribution < -0.4 is 5.73 Å². The lowest BCUT2D eigenvalue weighted by Gasteiger charge is -2.11. The van der Waals surface area contributed by atoms with Crippen molar-refractivity contribution in [3.05, 3.63) is 56.4 Å². The van der Waals surface area contributed by atoms with Crippen LogP contribution in [0.5, 0.6) is 0 Å². The topological polar surface area (TPSA) is 26.0 Å². The molecule has 0 saturated carbocycles. The van der Waals surface area contributed by atoms with E-state index in [1.807, 2.05) is 17.5 Å². The summed E-state index contributed by atoms with van der Waals surface area (Å²) in [5.41, 5.74) is 8.05. The maximum Gasteiger partial charge on any atom is 0.137 e. The number of halogens is 2. The number of nitrogens with two attached hydrogens (primary N) is 1. The Morgan fingerprint density at radius 2 is 2.19 bits per heavy atom. The van der Waals surface area contributed by atoms with Crippen molar-refractivity contribution in [2.75, 3.05) is 0 Å². The van der Waals surface area contributed by atoms with Gasteiger partial charge in [-0.3, -0.25) is 0 Å². The fraction of sp³-hybridized carbons (Fsp3) is 0.167. The van der Waals surface area contributed by atoms with Gasteiger partial charge in [-0.2, -0.15) is 11.3 Å². The van der Waals surface area contributed by atoms with Gasteiger partial charge in [0, 0.05) is 6.04 Å². The third-order valence-corrected chi connectivity index (χ3v) is 3.78. The Bertz CT molecular complexity index is 470. The van der Waals surface area contributed by atoms with Gasteiger partial charge in [-0.05, 0) is 62.4 Å². The highest BCUT2D eigenvalue weighted by molar-refractivity contribution is 9.10. The molecule has 0 bridgehead atoms. The van der Waals surface area contributed by atoms with E-state index in [1.165, 1.54) is 11.6 Å². The fourth-order valence-corrected chi connectivity index (χ4v) is 2.45. The number of thiophene rings is 1. The Balaban J connectivity index is 2.14. The van der Waals surface area contributed by atoms with Crippen LogP contribution in [0.3, 0.4) is 0 Å². The highest BCUT2D eigenvalue weighted by Crippen LogP contribution is 2.22. The van der Waals surface area contributed by atoms with Gasteiger partial charge in [0.15, 0.2) is 0 Å². The molecule has 0 spiro atoms. The Morgan fingerprint density at radius 3 is 2.81 bits per heavy atom. The van der Waals surface area contributed by atoms with E-state index in [2.05, 4.69) is 21.3 Å². The highest BCUT2D eigenvalue weighted by Gasteiger charge is 2.09. The summed E-state index contributed by atoms with van der Waals surface area (Å²) in [5.74, 6) is -0.265. The SMILES string of the molecule is NC(Cc1ccsc1)c1ccc(Br)c(F)c1. The molecule has 2 rings (SSSR count). The third-order valence-electron chi connectivity index (χ3n) is 2.41. The number of benzene rings is 1. The van der Waals surface area contributed by atoms with Crippen LogP contribution in [0, 0.1) is 5.82 Å². The molecule has 0 aliphatic rings. The molecule has 84 valence electrons. The summed E-state index contributed by atoms with van der Waals surface area (Å²) in [6.07, 6.45) is 0.741. The molecule has 1 atom stereocenters. The van der Waals surface area contributed by atoms with Crippen LogP contribution in [0.4, 0.5) is 4.39 Å². The Labute approximate surface area is 106 Å². The molecule has 0 radical (unpaired) electrons. The molecule has 1 heterocycles. The van der Waals surface area contributed by atoms with Crippen LogP contribution in [-0.4, -0.2) is 0 Å². The summed E-state index contributed by atoms with van der Waals surface area (Å²) in [4.78, 5) is 0. The van der Waals surface area contributed by atoms with Crippen molar-refractivity contribution in [2.24, 2.45) is 5.73 Å². The minimum absolute atomic E-state index is 0.155. The van der Waals surface area contributed by atoms with Crippen LogP contribution in [0.15, 0.2) is 39.5 Å². The van der Waals surface area contributed by atoms with Crippen molar-refractivity contribution >= 4 is 27.3 Å². The molecule has 0 fully saturated rings. The first kappa shape index (κ1) is 11.8.